The largest absolute Gasteiger partial charge is 0.507 e. The van der Waals surface area contributed by atoms with Gasteiger partial charge in [-0.1, -0.05) is 32.3 Å². The predicted octanol–water partition coefficient (Wildman–Crippen LogP) is 3.13. The summed E-state index contributed by atoms with van der Waals surface area (Å²) in [4.78, 5) is 26.9. The monoisotopic (exact) mass is 398 g/mol. The van der Waals surface area contributed by atoms with Crippen LogP contribution in [0.25, 0.3) is 0 Å². The molecular weight excluding hydrogens is 368 g/mol. The number of rotatable bonds is 3. The Balaban J connectivity index is 1.58. The molecule has 7 nitrogen and oxygen atoms in total. The fourth-order valence-corrected chi connectivity index (χ4v) is 5.01. The number of aromatic amines is 1. The third kappa shape index (κ3) is 3.95. The number of phenols is 1. The number of H-pyrrole nitrogens is 1. The van der Waals surface area contributed by atoms with Gasteiger partial charge in [-0.25, -0.2) is 9.89 Å². The summed E-state index contributed by atoms with van der Waals surface area (Å²) in [5.41, 5.74) is 1.30. The zero-order chi connectivity index (χ0) is 20.5. The third-order valence-electron chi connectivity index (χ3n) is 6.55. The van der Waals surface area contributed by atoms with Gasteiger partial charge >= 0.3 is 5.69 Å². The number of hydrogen-bond donors (Lipinski definition) is 2. The van der Waals surface area contributed by atoms with E-state index in [2.05, 4.69) is 17.1 Å². The molecule has 1 saturated carbocycles. The summed E-state index contributed by atoms with van der Waals surface area (Å²) in [6.45, 7) is 3.24. The van der Waals surface area contributed by atoms with Crippen molar-refractivity contribution in [3.63, 3.8) is 0 Å². The number of carbonyl (C=O) groups is 1. The fraction of sp³-hybridized carbons (Fsp3) is 0.591. The van der Waals surface area contributed by atoms with Crippen LogP contribution in [-0.2, 0) is 7.05 Å². The van der Waals surface area contributed by atoms with Crippen LogP contribution in [0.15, 0.2) is 23.0 Å². The molecule has 4 rings (SSSR count). The lowest BCUT2D eigenvalue weighted by Crippen LogP contribution is -2.43. The van der Waals surface area contributed by atoms with Crippen LogP contribution in [0.5, 0.6) is 5.75 Å². The molecule has 1 aliphatic heterocycles. The third-order valence-corrected chi connectivity index (χ3v) is 6.55. The summed E-state index contributed by atoms with van der Waals surface area (Å²) < 4.78 is 1.52. The number of benzene rings is 1. The number of carbonyl (C=O) groups excluding carboxylic acids is 1. The van der Waals surface area contributed by atoms with Crippen LogP contribution in [0.2, 0.25) is 0 Å². The second-order valence-electron chi connectivity index (χ2n) is 8.81. The number of aromatic hydroxyl groups is 1. The van der Waals surface area contributed by atoms with Gasteiger partial charge in [0.05, 0.1) is 5.56 Å². The fourth-order valence-electron chi connectivity index (χ4n) is 5.01. The van der Waals surface area contributed by atoms with Gasteiger partial charge in [0.1, 0.15) is 11.6 Å². The molecule has 0 unspecified atom stereocenters. The SMILES string of the molecule is C[C@@H]1C[C@@H](c2n[nH]c(=O)n2C)CN(C(=O)c2cc(C3CCCCC3)ccc2O)C1. The molecule has 2 aromatic rings. The van der Waals surface area contributed by atoms with E-state index in [1.807, 2.05) is 12.1 Å². The van der Waals surface area contributed by atoms with Gasteiger partial charge in [-0.15, -0.1) is 0 Å². The lowest BCUT2D eigenvalue weighted by Gasteiger charge is -2.36. The van der Waals surface area contributed by atoms with E-state index in [1.165, 1.54) is 23.8 Å². The van der Waals surface area contributed by atoms with Crippen molar-refractivity contribution in [2.75, 3.05) is 13.1 Å². The number of piperidine rings is 1. The van der Waals surface area contributed by atoms with Crippen molar-refractivity contribution in [1.82, 2.24) is 19.7 Å². The minimum Gasteiger partial charge on any atom is -0.507 e. The Labute approximate surface area is 170 Å². The minimum atomic E-state index is -0.242. The number of likely N-dealkylation sites (tertiary alicyclic amines) is 1. The maximum Gasteiger partial charge on any atom is 0.343 e. The van der Waals surface area contributed by atoms with Crippen LogP contribution >= 0.6 is 0 Å². The second kappa shape index (κ2) is 8.05. The quantitative estimate of drug-likeness (QED) is 0.831. The lowest BCUT2D eigenvalue weighted by atomic mass is 9.83. The van der Waals surface area contributed by atoms with Crippen molar-refractivity contribution < 1.29 is 9.90 Å². The molecule has 2 fully saturated rings. The first-order valence-electron chi connectivity index (χ1n) is 10.7. The van der Waals surface area contributed by atoms with Crippen LogP contribution in [0.4, 0.5) is 0 Å². The van der Waals surface area contributed by atoms with Crippen molar-refractivity contribution >= 4 is 5.91 Å². The molecule has 1 aromatic carbocycles. The van der Waals surface area contributed by atoms with E-state index in [4.69, 9.17) is 0 Å². The molecule has 0 spiro atoms. The molecule has 2 N–H and O–H groups in total. The molecule has 0 bridgehead atoms. The highest BCUT2D eigenvalue weighted by molar-refractivity contribution is 5.97. The summed E-state index contributed by atoms with van der Waals surface area (Å²) in [6.07, 6.45) is 6.90. The molecule has 1 aliphatic carbocycles. The van der Waals surface area contributed by atoms with E-state index in [0.29, 0.717) is 30.4 Å². The summed E-state index contributed by atoms with van der Waals surface area (Å²) in [6, 6.07) is 5.52. The standard InChI is InChI=1S/C22H30N4O3/c1-14-10-17(20-23-24-22(29)25(20)2)13-26(12-14)21(28)18-11-16(8-9-19(18)27)15-6-4-3-5-7-15/h8-9,11,14-15,17,27H,3-7,10,12-13H2,1-2H3,(H,24,29)/t14-,17-/m1/s1. The number of nitrogens with one attached hydrogen (secondary N) is 1. The number of phenolic OH excluding ortho intramolecular Hbond substituents is 1. The molecule has 156 valence electrons. The van der Waals surface area contributed by atoms with Crippen molar-refractivity contribution in [2.24, 2.45) is 13.0 Å². The predicted molar refractivity (Wildman–Crippen MR) is 110 cm³/mol. The van der Waals surface area contributed by atoms with Gasteiger partial charge < -0.3 is 10.0 Å². The molecule has 1 aromatic heterocycles. The summed E-state index contributed by atoms with van der Waals surface area (Å²) in [5.74, 6) is 1.33. The van der Waals surface area contributed by atoms with E-state index in [1.54, 1.807) is 18.0 Å². The number of nitrogens with zero attached hydrogens (tertiary/aromatic N) is 3. The first kappa shape index (κ1) is 19.7. The number of amides is 1. The summed E-state index contributed by atoms with van der Waals surface area (Å²) >= 11 is 0. The first-order chi connectivity index (χ1) is 13.9. The van der Waals surface area contributed by atoms with Gasteiger partial charge in [-0.05, 0) is 48.8 Å². The second-order valence-corrected chi connectivity index (χ2v) is 8.81. The average molecular weight is 399 g/mol. The molecular formula is C22H30N4O3. The zero-order valence-corrected chi connectivity index (χ0v) is 17.2. The molecule has 2 atom stereocenters. The summed E-state index contributed by atoms with van der Waals surface area (Å²) in [5, 5.41) is 17.1. The topological polar surface area (TPSA) is 91.2 Å². The molecule has 1 saturated heterocycles. The van der Waals surface area contributed by atoms with Crippen molar-refractivity contribution in [3.8, 4) is 5.75 Å². The Morgan fingerprint density at radius 1 is 1.17 bits per heavy atom. The molecule has 0 radical (unpaired) electrons. The van der Waals surface area contributed by atoms with Gasteiger partial charge in [0.15, 0.2) is 0 Å². The van der Waals surface area contributed by atoms with E-state index in [9.17, 15) is 14.7 Å². The van der Waals surface area contributed by atoms with Crippen LogP contribution in [0, 0.1) is 5.92 Å². The van der Waals surface area contributed by atoms with Crippen LogP contribution in [-0.4, -0.2) is 43.8 Å². The Morgan fingerprint density at radius 2 is 1.93 bits per heavy atom. The maximum absolute atomic E-state index is 13.3. The van der Waals surface area contributed by atoms with Crippen molar-refractivity contribution in [2.45, 2.75) is 57.3 Å². The highest BCUT2D eigenvalue weighted by atomic mass is 16.3. The Hall–Kier alpha value is -2.57. The Kier molecular flexibility index (Phi) is 5.48. The average Bonchev–Trinajstić information content (AvgIpc) is 3.06. The highest BCUT2D eigenvalue weighted by Gasteiger charge is 2.33. The maximum atomic E-state index is 13.3. The zero-order valence-electron chi connectivity index (χ0n) is 17.2. The van der Waals surface area contributed by atoms with Gasteiger partial charge in [0.2, 0.25) is 0 Å². The van der Waals surface area contributed by atoms with E-state index < -0.39 is 0 Å². The lowest BCUT2D eigenvalue weighted by molar-refractivity contribution is 0.0649. The minimum absolute atomic E-state index is 0.00433. The molecule has 29 heavy (non-hydrogen) atoms. The van der Waals surface area contributed by atoms with Crippen molar-refractivity contribution in [3.05, 3.63) is 45.6 Å². The van der Waals surface area contributed by atoms with Gasteiger partial charge in [-0.3, -0.25) is 9.36 Å². The van der Waals surface area contributed by atoms with Gasteiger partial charge in [0.25, 0.3) is 5.91 Å². The molecule has 2 heterocycles. The Bertz CT molecular complexity index is 942. The van der Waals surface area contributed by atoms with Gasteiger partial charge in [0, 0.05) is 26.1 Å². The highest BCUT2D eigenvalue weighted by Crippen LogP contribution is 2.35. The van der Waals surface area contributed by atoms with E-state index in [-0.39, 0.29) is 29.2 Å². The normalized spacial score (nSPS) is 23.3. The van der Waals surface area contributed by atoms with Gasteiger partial charge in [-0.2, -0.15) is 5.10 Å². The van der Waals surface area contributed by atoms with E-state index >= 15 is 0 Å². The smallest absolute Gasteiger partial charge is 0.343 e. The molecule has 2 aliphatic rings. The van der Waals surface area contributed by atoms with E-state index in [0.717, 1.165) is 24.8 Å². The van der Waals surface area contributed by atoms with Crippen LogP contribution in [0.1, 0.15) is 79.0 Å². The van der Waals surface area contributed by atoms with Crippen molar-refractivity contribution in [1.29, 1.82) is 0 Å². The van der Waals surface area contributed by atoms with Crippen LogP contribution in [0.3, 0.4) is 0 Å². The molecule has 1 amide bonds. The number of hydrogen-bond acceptors (Lipinski definition) is 4. The number of aromatic nitrogens is 3. The summed E-state index contributed by atoms with van der Waals surface area (Å²) in [7, 11) is 1.70. The first-order valence-corrected chi connectivity index (χ1v) is 10.7. The Morgan fingerprint density at radius 3 is 2.62 bits per heavy atom. The van der Waals surface area contributed by atoms with Crippen LogP contribution < -0.4 is 5.69 Å². The molecule has 7 heteroatoms.